The van der Waals surface area contributed by atoms with E-state index in [1.807, 2.05) is 6.92 Å². The topological polar surface area (TPSA) is 104 Å². The predicted molar refractivity (Wildman–Crippen MR) is 92.4 cm³/mol. The SMILES string of the molecule is CCCS(=O)(=O)N1CCC(NC(=O)C2(C(=O)O)CC3(CCC3)C2)CC1. The van der Waals surface area contributed by atoms with Gasteiger partial charge in [0.05, 0.1) is 5.75 Å². The maximum atomic E-state index is 12.6. The number of aliphatic carboxylic acids is 1. The highest BCUT2D eigenvalue weighted by molar-refractivity contribution is 7.89. The fourth-order valence-corrected chi connectivity index (χ4v) is 6.20. The molecule has 2 aliphatic carbocycles. The average Bonchev–Trinajstić information content (AvgIpc) is 2.45. The molecule has 1 saturated heterocycles. The van der Waals surface area contributed by atoms with E-state index in [0.29, 0.717) is 45.2 Å². The molecule has 0 aromatic carbocycles. The molecule has 0 aromatic heterocycles. The van der Waals surface area contributed by atoms with Gasteiger partial charge < -0.3 is 10.4 Å². The molecule has 1 amide bonds. The van der Waals surface area contributed by atoms with Gasteiger partial charge in [-0.15, -0.1) is 0 Å². The van der Waals surface area contributed by atoms with Gasteiger partial charge in [0.25, 0.3) is 0 Å². The third-order valence-corrected chi connectivity index (χ3v) is 8.33. The fraction of sp³-hybridized carbons (Fsp3) is 0.882. The van der Waals surface area contributed by atoms with Crippen LogP contribution in [0, 0.1) is 10.8 Å². The summed E-state index contributed by atoms with van der Waals surface area (Å²) in [6.07, 6.45) is 5.75. The molecule has 1 spiro atoms. The summed E-state index contributed by atoms with van der Waals surface area (Å²) in [6, 6.07) is -0.144. The van der Waals surface area contributed by atoms with Crippen molar-refractivity contribution >= 4 is 21.9 Å². The molecule has 3 rings (SSSR count). The highest BCUT2D eigenvalue weighted by Gasteiger charge is 2.65. The highest BCUT2D eigenvalue weighted by Crippen LogP contribution is 2.64. The minimum atomic E-state index is -3.21. The third-order valence-electron chi connectivity index (χ3n) is 6.26. The van der Waals surface area contributed by atoms with Crippen LogP contribution in [0.3, 0.4) is 0 Å². The molecule has 8 heteroatoms. The Balaban J connectivity index is 1.55. The molecule has 1 aliphatic heterocycles. The fourth-order valence-electron chi connectivity index (χ4n) is 4.66. The maximum Gasteiger partial charge on any atom is 0.319 e. The molecular weight excluding hydrogens is 344 g/mol. The van der Waals surface area contributed by atoms with Gasteiger partial charge in [0, 0.05) is 19.1 Å². The van der Waals surface area contributed by atoms with E-state index in [9.17, 15) is 23.1 Å². The van der Waals surface area contributed by atoms with Crippen LogP contribution >= 0.6 is 0 Å². The molecule has 1 heterocycles. The molecule has 7 nitrogen and oxygen atoms in total. The molecule has 2 saturated carbocycles. The molecule has 3 fully saturated rings. The second-order valence-electron chi connectivity index (χ2n) is 8.06. The van der Waals surface area contributed by atoms with E-state index in [4.69, 9.17) is 0 Å². The normalized spacial score (nSPS) is 25.8. The summed E-state index contributed by atoms with van der Waals surface area (Å²) >= 11 is 0. The van der Waals surface area contributed by atoms with Crippen molar-refractivity contribution in [2.24, 2.45) is 10.8 Å². The van der Waals surface area contributed by atoms with E-state index < -0.39 is 21.4 Å². The summed E-state index contributed by atoms with van der Waals surface area (Å²) in [5.74, 6) is -1.26. The number of carboxylic acid groups (broad SMARTS) is 1. The quantitative estimate of drug-likeness (QED) is 0.685. The molecule has 0 atom stereocenters. The number of nitrogens with zero attached hydrogens (tertiary/aromatic N) is 1. The second kappa shape index (κ2) is 6.54. The molecule has 0 radical (unpaired) electrons. The summed E-state index contributed by atoms with van der Waals surface area (Å²) in [4.78, 5) is 24.4. The smallest absolute Gasteiger partial charge is 0.319 e. The van der Waals surface area contributed by atoms with Crippen LogP contribution < -0.4 is 5.32 Å². The number of nitrogens with one attached hydrogen (secondary N) is 1. The molecule has 0 unspecified atom stereocenters. The van der Waals surface area contributed by atoms with Gasteiger partial charge in [-0.1, -0.05) is 13.3 Å². The number of sulfonamides is 1. The number of hydrogen-bond acceptors (Lipinski definition) is 4. The van der Waals surface area contributed by atoms with E-state index in [0.717, 1.165) is 19.3 Å². The molecule has 2 N–H and O–H groups in total. The Hall–Kier alpha value is -1.15. The van der Waals surface area contributed by atoms with Gasteiger partial charge in [-0.25, -0.2) is 12.7 Å². The Bertz CT molecular complexity index is 640. The van der Waals surface area contributed by atoms with E-state index in [1.54, 1.807) is 0 Å². The second-order valence-corrected chi connectivity index (χ2v) is 10.1. The van der Waals surface area contributed by atoms with Crippen molar-refractivity contribution in [2.45, 2.75) is 64.3 Å². The minimum absolute atomic E-state index is 0.0906. The van der Waals surface area contributed by atoms with Crippen molar-refractivity contribution in [1.29, 1.82) is 0 Å². The van der Waals surface area contributed by atoms with Crippen molar-refractivity contribution in [1.82, 2.24) is 9.62 Å². The van der Waals surface area contributed by atoms with Crippen LogP contribution in [0.4, 0.5) is 0 Å². The number of amides is 1. The summed E-state index contributed by atoms with van der Waals surface area (Å²) in [5.41, 5.74) is -1.18. The number of carboxylic acids is 1. The molecule has 0 aromatic rings. The van der Waals surface area contributed by atoms with Crippen LogP contribution in [0.15, 0.2) is 0 Å². The zero-order valence-corrected chi connectivity index (χ0v) is 15.6. The Morgan fingerprint density at radius 1 is 1.20 bits per heavy atom. The molecule has 3 aliphatic rings. The van der Waals surface area contributed by atoms with Gasteiger partial charge in [-0.2, -0.15) is 0 Å². The molecular formula is C17H28N2O5S. The Morgan fingerprint density at radius 2 is 1.80 bits per heavy atom. The highest BCUT2D eigenvalue weighted by atomic mass is 32.2. The number of hydrogen-bond donors (Lipinski definition) is 2. The van der Waals surface area contributed by atoms with Crippen LogP contribution in [-0.4, -0.2) is 54.6 Å². The van der Waals surface area contributed by atoms with Gasteiger partial charge in [0.2, 0.25) is 15.9 Å². The lowest BCUT2D eigenvalue weighted by Gasteiger charge is -2.58. The maximum absolute atomic E-state index is 12.6. The standard InChI is InChI=1S/C17H28N2O5S/c1-2-10-25(23,24)19-8-4-13(5-9-19)18-14(20)17(15(21)22)11-16(12-17)6-3-7-16/h13H,2-12H2,1H3,(H,18,20)(H,21,22). The van der Waals surface area contributed by atoms with Crippen LogP contribution in [0.2, 0.25) is 0 Å². The van der Waals surface area contributed by atoms with Gasteiger partial charge in [0.15, 0.2) is 0 Å². The summed E-state index contributed by atoms with van der Waals surface area (Å²) in [7, 11) is -3.21. The van der Waals surface area contributed by atoms with Gasteiger partial charge in [-0.3, -0.25) is 9.59 Å². The predicted octanol–water partition coefficient (Wildman–Crippen LogP) is 1.34. The molecule has 0 bridgehead atoms. The summed E-state index contributed by atoms with van der Waals surface area (Å²) in [6.45, 7) is 2.61. The number of piperidine rings is 1. The number of carbonyl (C=O) groups is 2. The first-order valence-corrected chi connectivity index (χ1v) is 10.9. The minimum Gasteiger partial charge on any atom is -0.480 e. The first-order valence-electron chi connectivity index (χ1n) is 9.25. The molecule has 142 valence electrons. The van der Waals surface area contributed by atoms with Gasteiger partial charge in [-0.05, 0) is 50.4 Å². The zero-order chi connectivity index (χ0) is 18.3. The van der Waals surface area contributed by atoms with Crippen LogP contribution in [-0.2, 0) is 19.6 Å². The van der Waals surface area contributed by atoms with Crippen molar-refractivity contribution < 1.29 is 23.1 Å². The first kappa shape index (κ1) is 18.6. The van der Waals surface area contributed by atoms with Gasteiger partial charge in [0.1, 0.15) is 5.41 Å². The Kier molecular flexibility index (Phi) is 4.87. The average molecular weight is 372 g/mol. The lowest BCUT2D eigenvalue weighted by Crippen LogP contribution is -2.62. The Labute approximate surface area is 149 Å². The first-order chi connectivity index (χ1) is 11.7. The van der Waals surface area contributed by atoms with Gasteiger partial charge >= 0.3 is 5.97 Å². The van der Waals surface area contributed by atoms with Crippen molar-refractivity contribution in [3.63, 3.8) is 0 Å². The summed E-state index contributed by atoms with van der Waals surface area (Å²) in [5, 5.41) is 12.5. The Morgan fingerprint density at radius 3 is 2.24 bits per heavy atom. The third kappa shape index (κ3) is 3.30. The lowest BCUT2D eigenvalue weighted by atomic mass is 9.45. The van der Waals surface area contributed by atoms with Crippen molar-refractivity contribution in [3.8, 4) is 0 Å². The van der Waals surface area contributed by atoms with Crippen molar-refractivity contribution in [2.75, 3.05) is 18.8 Å². The number of rotatable bonds is 6. The van der Waals surface area contributed by atoms with Crippen molar-refractivity contribution in [3.05, 3.63) is 0 Å². The zero-order valence-electron chi connectivity index (χ0n) is 14.8. The van der Waals surface area contributed by atoms with Crippen LogP contribution in [0.1, 0.15) is 58.3 Å². The monoisotopic (exact) mass is 372 g/mol. The van der Waals surface area contributed by atoms with Crippen LogP contribution in [0.25, 0.3) is 0 Å². The number of carbonyl (C=O) groups excluding carboxylic acids is 1. The van der Waals surface area contributed by atoms with E-state index in [2.05, 4.69) is 5.32 Å². The van der Waals surface area contributed by atoms with E-state index >= 15 is 0 Å². The van der Waals surface area contributed by atoms with E-state index in [1.165, 1.54) is 4.31 Å². The van der Waals surface area contributed by atoms with Crippen LogP contribution in [0.5, 0.6) is 0 Å². The molecule has 25 heavy (non-hydrogen) atoms. The largest absolute Gasteiger partial charge is 0.480 e. The lowest BCUT2D eigenvalue weighted by molar-refractivity contribution is -0.181. The van der Waals surface area contributed by atoms with E-state index in [-0.39, 0.29) is 23.1 Å². The summed E-state index contributed by atoms with van der Waals surface area (Å²) < 4.78 is 25.7.